The Morgan fingerprint density at radius 1 is 1.47 bits per heavy atom. The Morgan fingerprint density at radius 3 is 3.06 bits per heavy atom. The number of thioether (sulfide) groups is 1. The van der Waals surface area contributed by atoms with Gasteiger partial charge >= 0.3 is 0 Å². The van der Waals surface area contributed by atoms with Gasteiger partial charge in [-0.05, 0) is 43.2 Å². The van der Waals surface area contributed by atoms with Gasteiger partial charge in [0, 0.05) is 17.8 Å². The average molecular weight is 246 g/mol. The smallest absolute Gasteiger partial charge is 0.0991 e. The summed E-state index contributed by atoms with van der Waals surface area (Å²) >= 11 is 1.98. The molecule has 0 aromatic heterocycles. The van der Waals surface area contributed by atoms with Crippen LogP contribution in [-0.2, 0) is 6.54 Å². The van der Waals surface area contributed by atoms with Crippen LogP contribution in [0.2, 0.25) is 0 Å². The molecule has 1 aromatic rings. The lowest BCUT2D eigenvalue weighted by atomic mass is 10.1. The van der Waals surface area contributed by atoms with E-state index in [9.17, 15) is 0 Å². The molecule has 2 atom stereocenters. The Labute approximate surface area is 107 Å². The second kappa shape index (κ2) is 6.09. The highest BCUT2D eigenvalue weighted by Crippen LogP contribution is 2.28. The van der Waals surface area contributed by atoms with Gasteiger partial charge in [0.1, 0.15) is 0 Å². The van der Waals surface area contributed by atoms with Crippen LogP contribution >= 0.6 is 11.8 Å². The van der Waals surface area contributed by atoms with Gasteiger partial charge in [-0.3, -0.25) is 0 Å². The molecule has 0 spiro atoms. The van der Waals surface area contributed by atoms with Gasteiger partial charge < -0.3 is 5.32 Å². The molecule has 3 heteroatoms. The fourth-order valence-electron chi connectivity index (χ4n) is 2.35. The quantitative estimate of drug-likeness (QED) is 0.887. The van der Waals surface area contributed by atoms with E-state index in [0.29, 0.717) is 6.04 Å². The number of benzene rings is 1. The molecule has 1 saturated carbocycles. The maximum absolute atomic E-state index is 8.84. The number of hydrogen-bond acceptors (Lipinski definition) is 3. The lowest BCUT2D eigenvalue weighted by Gasteiger charge is -2.12. The van der Waals surface area contributed by atoms with Crippen molar-refractivity contribution in [3.63, 3.8) is 0 Å². The van der Waals surface area contributed by atoms with E-state index in [2.05, 4.69) is 23.7 Å². The molecule has 1 aliphatic rings. The summed E-state index contributed by atoms with van der Waals surface area (Å²) in [6.07, 6.45) is 6.09. The number of hydrogen-bond donors (Lipinski definition) is 1. The second-order valence-corrected chi connectivity index (χ2v) is 5.70. The van der Waals surface area contributed by atoms with E-state index >= 15 is 0 Å². The minimum absolute atomic E-state index is 0.651. The van der Waals surface area contributed by atoms with Crippen LogP contribution in [-0.4, -0.2) is 17.5 Å². The van der Waals surface area contributed by atoms with Gasteiger partial charge in [-0.15, -0.1) is 0 Å². The Bertz CT molecular complexity index is 411. The molecule has 17 heavy (non-hydrogen) atoms. The van der Waals surface area contributed by atoms with Crippen molar-refractivity contribution in [3.05, 3.63) is 35.4 Å². The maximum atomic E-state index is 8.84. The third-order valence-corrected chi connectivity index (χ3v) is 4.46. The summed E-state index contributed by atoms with van der Waals surface area (Å²) < 4.78 is 0. The fourth-order valence-corrected chi connectivity index (χ4v) is 3.15. The molecule has 0 heterocycles. The third-order valence-electron chi connectivity index (χ3n) is 3.37. The average Bonchev–Trinajstić information content (AvgIpc) is 2.84. The highest BCUT2D eigenvalue weighted by Gasteiger charge is 2.23. The first-order valence-electron chi connectivity index (χ1n) is 6.07. The molecule has 0 radical (unpaired) electrons. The van der Waals surface area contributed by atoms with Crippen molar-refractivity contribution < 1.29 is 0 Å². The Kier molecular flexibility index (Phi) is 4.47. The lowest BCUT2D eigenvalue weighted by Crippen LogP contribution is -2.26. The van der Waals surface area contributed by atoms with Crippen molar-refractivity contribution in [1.82, 2.24) is 5.32 Å². The van der Waals surface area contributed by atoms with Crippen molar-refractivity contribution in [2.45, 2.75) is 37.1 Å². The molecule has 1 fully saturated rings. The highest BCUT2D eigenvalue weighted by molar-refractivity contribution is 7.99. The molecule has 2 nitrogen and oxygen atoms in total. The van der Waals surface area contributed by atoms with Crippen LogP contribution in [0.5, 0.6) is 0 Å². The number of nitrogens with one attached hydrogen (secondary N) is 1. The maximum Gasteiger partial charge on any atom is 0.0991 e. The Hall–Kier alpha value is -0.980. The van der Waals surface area contributed by atoms with Crippen LogP contribution in [0, 0.1) is 11.3 Å². The zero-order chi connectivity index (χ0) is 12.1. The summed E-state index contributed by atoms with van der Waals surface area (Å²) in [5, 5.41) is 13.3. The molecule has 90 valence electrons. The molecule has 0 saturated heterocycles. The first-order valence-corrected chi connectivity index (χ1v) is 7.36. The molecule has 2 rings (SSSR count). The molecule has 1 N–H and O–H groups in total. The Morgan fingerprint density at radius 2 is 2.35 bits per heavy atom. The normalized spacial score (nSPS) is 23.5. The molecular weight excluding hydrogens is 228 g/mol. The summed E-state index contributed by atoms with van der Waals surface area (Å²) in [4.78, 5) is 0. The van der Waals surface area contributed by atoms with Crippen molar-refractivity contribution in [1.29, 1.82) is 5.26 Å². The van der Waals surface area contributed by atoms with E-state index in [1.807, 2.05) is 30.0 Å². The van der Waals surface area contributed by atoms with Crippen molar-refractivity contribution in [2.24, 2.45) is 0 Å². The molecule has 0 bridgehead atoms. The van der Waals surface area contributed by atoms with E-state index in [1.54, 1.807) is 0 Å². The SMILES string of the molecule is CSC1CCC(NCc2cccc(C#N)c2)C1. The van der Waals surface area contributed by atoms with Crippen molar-refractivity contribution >= 4 is 11.8 Å². The van der Waals surface area contributed by atoms with Gasteiger partial charge in [0.05, 0.1) is 11.6 Å². The zero-order valence-corrected chi connectivity index (χ0v) is 11.0. The minimum Gasteiger partial charge on any atom is -0.310 e. The minimum atomic E-state index is 0.651. The summed E-state index contributed by atoms with van der Waals surface area (Å²) in [6.45, 7) is 0.876. The predicted octanol–water partition coefficient (Wildman–Crippen LogP) is 2.93. The number of nitrogens with zero attached hydrogens (tertiary/aromatic N) is 1. The lowest BCUT2D eigenvalue weighted by molar-refractivity contribution is 0.525. The predicted molar refractivity (Wildman–Crippen MR) is 72.9 cm³/mol. The first-order chi connectivity index (χ1) is 8.31. The second-order valence-electron chi connectivity index (χ2n) is 4.56. The summed E-state index contributed by atoms with van der Waals surface area (Å²) in [6, 6.07) is 10.7. The standard InChI is InChI=1S/C14H18N2S/c1-17-14-6-5-13(8-14)16-10-12-4-2-3-11(7-12)9-15/h2-4,7,13-14,16H,5-6,8,10H2,1H3. The molecule has 1 aliphatic carbocycles. The van der Waals surface area contributed by atoms with Gasteiger partial charge in [-0.25, -0.2) is 0 Å². The Balaban J connectivity index is 1.84. The molecule has 0 amide bonds. The zero-order valence-electron chi connectivity index (χ0n) is 10.1. The summed E-state index contributed by atoms with van der Waals surface area (Å²) in [5.41, 5.74) is 1.95. The van der Waals surface area contributed by atoms with Crippen LogP contribution in [0.3, 0.4) is 0 Å². The largest absolute Gasteiger partial charge is 0.310 e. The van der Waals surface area contributed by atoms with Gasteiger partial charge in [0.2, 0.25) is 0 Å². The van der Waals surface area contributed by atoms with E-state index in [-0.39, 0.29) is 0 Å². The molecule has 2 unspecified atom stereocenters. The monoisotopic (exact) mass is 246 g/mol. The van der Waals surface area contributed by atoms with E-state index in [4.69, 9.17) is 5.26 Å². The fraction of sp³-hybridized carbons (Fsp3) is 0.500. The summed E-state index contributed by atoms with van der Waals surface area (Å²) in [5.74, 6) is 0. The molecule has 1 aromatic carbocycles. The van der Waals surface area contributed by atoms with Gasteiger partial charge in [0.15, 0.2) is 0 Å². The topological polar surface area (TPSA) is 35.8 Å². The van der Waals surface area contributed by atoms with Gasteiger partial charge in [-0.1, -0.05) is 12.1 Å². The summed E-state index contributed by atoms with van der Waals surface area (Å²) in [7, 11) is 0. The van der Waals surface area contributed by atoms with Crippen molar-refractivity contribution in [3.8, 4) is 6.07 Å². The highest BCUT2D eigenvalue weighted by atomic mass is 32.2. The van der Waals surface area contributed by atoms with E-state index in [0.717, 1.165) is 17.4 Å². The van der Waals surface area contributed by atoms with Crippen LogP contribution in [0.4, 0.5) is 0 Å². The first kappa shape index (κ1) is 12.5. The van der Waals surface area contributed by atoms with Crippen LogP contribution in [0.15, 0.2) is 24.3 Å². The number of nitriles is 1. The molecule has 0 aliphatic heterocycles. The van der Waals surface area contributed by atoms with Gasteiger partial charge in [-0.2, -0.15) is 17.0 Å². The van der Waals surface area contributed by atoms with Gasteiger partial charge in [0.25, 0.3) is 0 Å². The van der Waals surface area contributed by atoms with E-state index < -0.39 is 0 Å². The third kappa shape index (κ3) is 3.49. The van der Waals surface area contributed by atoms with Crippen LogP contribution in [0.1, 0.15) is 30.4 Å². The van der Waals surface area contributed by atoms with E-state index in [1.165, 1.54) is 24.8 Å². The van der Waals surface area contributed by atoms with Crippen LogP contribution < -0.4 is 5.32 Å². The number of rotatable bonds is 4. The molecular formula is C14H18N2S. The van der Waals surface area contributed by atoms with Crippen LogP contribution in [0.25, 0.3) is 0 Å². The van der Waals surface area contributed by atoms with Crippen molar-refractivity contribution in [2.75, 3.05) is 6.26 Å².